The van der Waals surface area contributed by atoms with Gasteiger partial charge in [0.1, 0.15) is 11.4 Å². The molecule has 3 N–H and O–H groups in total. The van der Waals surface area contributed by atoms with Crippen LogP contribution >= 0.6 is 15.9 Å². The van der Waals surface area contributed by atoms with Crippen LogP contribution in [0.3, 0.4) is 0 Å². The fourth-order valence-electron chi connectivity index (χ4n) is 2.71. The molecule has 0 aliphatic heterocycles. The third-order valence-corrected chi connectivity index (χ3v) is 4.67. The van der Waals surface area contributed by atoms with Crippen LogP contribution in [0.15, 0.2) is 27.7 Å². The molecule has 2 rings (SSSR count). The van der Waals surface area contributed by atoms with E-state index in [1.165, 1.54) is 25.2 Å². The summed E-state index contributed by atoms with van der Waals surface area (Å²) in [6, 6.07) is 4.16. The Kier molecular flexibility index (Phi) is 10.2. The van der Waals surface area contributed by atoms with Gasteiger partial charge in [-0.05, 0) is 67.7 Å². The first-order valence-electron chi connectivity index (χ1n) is 9.46. The van der Waals surface area contributed by atoms with Crippen LogP contribution in [0.1, 0.15) is 52.9 Å². The number of rotatable bonds is 3. The van der Waals surface area contributed by atoms with Gasteiger partial charge in [-0.15, -0.1) is 0 Å². The quantitative estimate of drug-likeness (QED) is 0.329. The molecule has 0 bridgehead atoms. The first-order chi connectivity index (χ1) is 13.6. The normalized spacial score (nSPS) is 15.1. The highest BCUT2D eigenvalue weighted by atomic mass is 79.9. The highest BCUT2D eigenvalue weighted by Gasteiger charge is 2.25. The molecule has 162 valence electrons. The maximum Gasteiger partial charge on any atom is 0.407 e. The van der Waals surface area contributed by atoms with Crippen molar-refractivity contribution in [1.29, 1.82) is 0 Å². The standard InChI is InChI=1S/C14H16BrFN2O2.C6H13NO2/c15-11-8-10(6-7-12(11)16)17-14(18-20)13(19)9-4-2-1-3-5-9;1-6(2,3)9-5(8)7-4/h6-9,20H,1-5H2,(H,17,18);1-4H3,(H,7,8). The molecule has 0 saturated heterocycles. The zero-order chi connectivity index (χ0) is 22.0. The van der Waals surface area contributed by atoms with Crippen LogP contribution in [0.2, 0.25) is 0 Å². The number of hydrogen-bond donors (Lipinski definition) is 3. The molecule has 7 nitrogen and oxygen atoms in total. The number of nitrogens with zero attached hydrogens (tertiary/aromatic N) is 1. The van der Waals surface area contributed by atoms with Gasteiger partial charge < -0.3 is 10.1 Å². The lowest BCUT2D eigenvalue weighted by Gasteiger charge is -2.20. The topological polar surface area (TPSA) is 100 Å². The summed E-state index contributed by atoms with van der Waals surface area (Å²) in [7, 11) is 1.54. The number of carbonyl (C=O) groups excluding carboxylic acids is 2. The van der Waals surface area contributed by atoms with Crippen LogP contribution < -0.4 is 10.8 Å². The Labute approximate surface area is 179 Å². The maximum absolute atomic E-state index is 13.1. The number of ketones is 1. The summed E-state index contributed by atoms with van der Waals surface area (Å²) in [4.78, 5) is 26.8. The molecular formula is C20H29BrFN3O4. The smallest absolute Gasteiger partial charge is 0.407 e. The number of hydroxylamine groups is 1. The van der Waals surface area contributed by atoms with E-state index in [2.05, 4.69) is 26.2 Å². The van der Waals surface area contributed by atoms with Crippen molar-refractivity contribution in [3.05, 3.63) is 28.5 Å². The van der Waals surface area contributed by atoms with E-state index in [4.69, 9.17) is 9.94 Å². The van der Waals surface area contributed by atoms with Crippen molar-refractivity contribution in [3.8, 4) is 0 Å². The molecule has 0 spiro atoms. The molecule has 1 aromatic carbocycles. The van der Waals surface area contributed by atoms with Gasteiger partial charge in [-0.2, -0.15) is 0 Å². The molecule has 0 heterocycles. The number of amidine groups is 1. The fraction of sp³-hybridized carbons (Fsp3) is 0.550. The summed E-state index contributed by atoms with van der Waals surface area (Å²) in [5.41, 5.74) is 1.89. The minimum Gasteiger partial charge on any atom is -0.444 e. The van der Waals surface area contributed by atoms with E-state index in [0.717, 1.165) is 32.1 Å². The summed E-state index contributed by atoms with van der Waals surface area (Å²) >= 11 is 3.06. The number of benzene rings is 1. The fourth-order valence-corrected chi connectivity index (χ4v) is 3.07. The summed E-state index contributed by atoms with van der Waals surface area (Å²) in [5.74, 6) is -0.768. The molecule has 1 saturated carbocycles. The minimum atomic E-state index is -0.402. The van der Waals surface area contributed by atoms with Gasteiger partial charge in [-0.1, -0.05) is 19.3 Å². The molecule has 1 fully saturated rings. The first-order valence-corrected chi connectivity index (χ1v) is 10.3. The van der Waals surface area contributed by atoms with Crippen LogP contribution in [0.4, 0.5) is 14.9 Å². The lowest BCUT2D eigenvalue weighted by atomic mass is 9.86. The second kappa shape index (κ2) is 11.9. The molecule has 9 heteroatoms. The molecule has 0 unspecified atom stereocenters. The Bertz CT molecular complexity index is 729. The molecule has 1 aliphatic rings. The van der Waals surface area contributed by atoms with Crippen molar-refractivity contribution >= 4 is 39.3 Å². The van der Waals surface area contributed by atoms with Crippen molar-refractivity contribution in [2.24, 2.45) is 10.9 Å². The number of ether oxygens (including phenoxy) is 1. The predicted octanol–water partition coefficient (Wildman–Crippen LogP) is 4.89. The van der Waals surface area contributed by atoms with Gasteiger partial charge in [0.15, 0.2) is 5.84 Å². The van der Waals surface area contributed by atoms with Gasteiger partial charge in [0, 0.05) is 13.0 Å². The van der Waals surface area contributed by atoms with Gasteiger partial charge in [-0.3, -0.25) is 10.0 Å². The molecule has 1 aromatic rings. The molecule has 29 heavy (non-hydrogen) atoms. The second-order valence-corrected chi connectivity index (χ2v) is 8.48. The Hall–Kier alpha value is -2.00. The largest absolute Gasteiger partial charge is 0.444 e. The van der Waals surface area contributed by atoms with E-state index in [9.17, 15) is 14.0 Å². The number of hydrogen-bond acceptors (Lipinski definition) is 5. The van der Waals surface area contributed by atoms with Gasteiger partial charge in [0.25, 0.3) is 0 Å². The van der Waals surface area contributed by atoms with Gasteiger partial charge in [0.2, 0.25) is 5.78 Å². The van der Waals surface area contributed by atoms with Crippen molar-refractivity contribution < 1.29 is 23.9 Å². The van der Waals surface area contributed by atoms with Gasteiger partial charge in [0.05, 0.1) is 10.2 Å². The Balaban J connectivity index is 0.000000396. The average molecular weight is 474 g/mol. The Morgan fingerprint density at radius 1 is 1.24 bits per heavy atom. The van der Waals surface area contributed by atoms with Crippen molar-refractivity contribution in [2.45, 2.75) is 58.5 Å². The monoisotopic (exact) mass is 473 g/mol. The molecule has 1 amide bonds. The Morgan fingerprint density at radius 3 is 2.31 bits per heavy atom. The van der Waals surface area contributed by atoms with E-state index in [0.29, 0.717) is 5.69 Å². The summed E-state index contributed by atoms with van der Waals surface area (Å²) in [6.07, 6.45) is 4.46. The minimum absolute atomic E-state index is 0.0876. The van der Waals surface area contributed by atoms with Gasteiger partial charge >= 0.3 is 6.09 Å². The summed E-state index contributed by atoms with van der Waals surface area (Å²) in [6.45, 7) is 5.46. The van der Waals surface area contributed by atoms with E-state index in [1.54, 1.807) is 0 Å². The van der Waals surface area contributed by atoms with E-state index < -0.39 is 5.82 Å². The number of nitrogens with one attached hydrogen (secondary N) is 2. The number of aliphatic imine (C=N–C) groups is 1. The number of halogens is 2. The van der Waals surface area contributed by atoms with E-state index >= 15 is 0 Å². The number of carbonyl (C=O) groups is 2. The van der Waals surface area contributed by atoms with Crippen LogP contribution in [-0.4, -0.2) is 35.6 Å². The van der Waals surface area contributed by atoms with Gasteiger partial charge in [-0.25, -0.2) is 19.7 Å². The Morgan fingerprint density at radius 2 is 1.86 bits per heavy atom. The van der Waals surface area contributed by atoms with Crippen LogP contribution in [-0.2, 0) is 9.53 Å². The third-order valence-electron chi connectivity index (χ3n) is 4.06. The van der Waals surface area contributed by atoms with Crippen molar-refractivity contribution in [2.75, 3.05) is 7.05 Å². The second-order valence-electron chi connectivity index (χ2n) is 7.62. The SMILES string of the molecule is CNC(=O)OC(C)(C)C.O=C(C(=Nc1ccc(F)c(Br)c1)NO)C1CCCCC1. The van der Waals surface area contributed by atoms with Crippen LogP contribution in [0.25, 0.3) is 0 Å². The predicted molar refractivity (Wildman–Crippen MR) is 113 cm³/mol. The number of Topliss-reactive ketones (excluding diaryl/α,β-unsaturated/α-hetero) is 1. The molecule has 1 aliphatic carbocycles. The number of amides is 1. The average Bonchev–Trinajstić information content (AvgIpc) is 2.68. The van der Waals surface area contributed by atoms with Crippen LogP contribution in [0.5, 0.6) is 0 Å². The zero-order valence-corrected chi connectivity index (χ0v) is 18.8. The van der Waals surface area contributed by atoms with Crippen molar-refractivity contribution in [3.63, 3.8) is 0 Å². The summed E-state index contributed by atoms with van der Waals surface area (Å²) < 4.78 is 18.2. The third kappa shape index (κ3) is 9.36. The molecular weight excluding hydrogens is 445 g/mol. The lowest BCUT2D eigenvalue weighted by molar-refractivity contribution is -0.117. The van der Waals surface area contributed by atoms with E-state index in [-0.39, 0.29) is 33.7 Å². The lowest BCUT2D eigenvalue weighted by Crippen LogP contribution is -2.34. The van der Waals surface area contributed by atoms with Crippen LogP contribution in [0, 0.1) is 11.7 Å². The molecule has 0 aromatic heterocycles. The summed E-state index contributed by atoms with van der Waals surface area (Å²) in [5, 5.41) is 11.5. The first kappa shape index (κ1) is 25.0. The van der Waals surface area contributed by atoms with E-state index in [1.807, 2.05) is 26.3 Å². The zero-order valence-electron chi connectivity index (χ0n) is 17.2. The maximum atomic E-state index is 13.1. The molecule has 0 radical (unpaired) electrons. The number of alkyl carbamates (subject to hydrolysis) is 1. The molecule has 0 atom stereocenters. The highest BCUT2D eigenvalue weighted by Crippen LogP contribution is 2.26. The van der Waals surface area contributed by atoms with Crippen molar-refractivity contribution in [1.82, 2.24) is 10.8 Å². The highest BCUT2D eigenvalue weighted by molar-refractivity contribution is 9.10.